The highest BCUT2D eigenvalue weighted by atomic mass is 16.5. The molecule has 0 radical (unpaired) electrons. The third-order valence-electron chi connectivity index (χ3n) is 5.27. The minimum atomic E-state index is -0.733. The van der Waals surface area contributed by atoms with Crippen molar-refractivity contribution in [3.05, 3.63) is 76.2 Å². The van der Waals surface area contributed by atoms with E-state index in [2.05, 4.69) is 5.32 Å². The number of amides is 2. The van der Waals surface area contributed by atoms with Gasteiger partial charge in [-0.05, 0) is 35.8 Å². The SMILES string of the molecule is Cn1c(=O)n(C2CCC(=O)NC2=O)c2ccc(/C=C/C(=O)OCc3ccccc3)cc21. The lowest BCUT2D eigenvalue weighted by atomic mass is 10.1. The number of nitrogens with zero attached hydrogens (tertiary/aromatic N) is 2. The Morgan fingerprint density at radius 2 is 1.90 bits per heavy atom. The lowest BCUT2D eigenvalue weighted by Crippen LogP contribution is -2.44. The van der Waals surface area contributed by atoms with E-state index in [4.69, 9.17) is 4.74 Å². The summed E-state index contributed by atoms with van der Waals surface area (Å²) < 4.78 is 8.09. The Morgan fingerprint density at radius 3 is 2.65 bits per heavy atom. The first-order chi connectivity index (χ1) is 14.9. The molecule has 4 rings (SSSR count). The highest BCUT2D eigenvalue weighted by molar-refractivity contribution is 6.00. The Morgan fingerprint density at radius 1 is 1.13 bits per heavy atom. The third kappa shape index (κ3) is 4.18. The van der Waals surface area contributed by atoms with Crippen LogP contribution < -0.4 is 11.0 Å². The summed E-state index contributed by atoms with van der Waals surface area (Å²) in [4.78, 5) is 48.5. The van der Waals surface area contributed by atoms with Gasteiger partial charge >= 0.3 is 11.7 Å². The number of hydrogen-bond donors (Lipinski definition) is 1. The number of esters is 1. The molecule has 3 aromatic rings. The van der Waals surface area contributed by atoms with Gasteiger partial charge in [-0.3, -0.25) is 24.0 Å². The van der Waals surface area contributed by atoms with Gasteiger partial charge in [-0.25, -0.2) is 9.59 Å². The van der Waals surface area contributed by atoms with Crippen LogP contribution in [-0.4, -0.2) is 26.9 Å². The molecule has 0 bridgehead atoms. The van der Waals surface area contributed by atoms with E-state index >= 15 is 0 Å². The van der Waals surface area contributed by atoms with Gasteiger partial charge in [0.15, 0.2) is 0 Å². The molecule has 31 heavy (non-hydrogen) atoms. The van der Waals surface area contributed by atoms with E-state index < -0.39 is 17.9 Å². The maximum absolute atomic E-state index is 12.8. The van der Waals surface area contributed by atoms with Crippen molar-refractivity contribution >= 4 is 34.9 Å². The van der Waals surface area contributed by atoms with Crippen LogP contribution in [0.3, 0.4) is 0 Å². The fourth-order valence-corrected chi connectivity index (χ4v) is 3.65. The molecule has 1 unspecified atom stereocenters. The molecule has 0 spiro atoms. The van der Waals surface area contributed by atoms with Gasteiger partial charge in [0.2, 0.25) is 11.8 Å². The minimum absolute atomic E-state index is 0.186. The highest BCUT2D eigenvalue weighted by Crippen LogP contribution is 2.24. The Hall–Kier alpha value is -3.94. The number of benzene rings is 2. The number of aromatic nitrogens is 2. The monoisotopic (exact) mass is 419 g/mol. The Kier molecular flexibility index (Phi) is 5.53. The summed E-state index contributed by atoms with van der Waals surface area (Å²) in [7, 11) is 1.62. The van der Waals surface area contributed by atoms with Gasteiger partial charge in [-0.15, -0.1) is 0 Å². The normalized spacial score (nSPS) is 16.6. The van der Waals surface area contributed by atoms with Gasteiger partial charge < -0.3 is 4.74 Å². The Bertz CT molecular complexity index is 1250. The van der Waals surface area contributed by atoms with Gasteiger partial charge in [-0.2, -0.15) is 0 Å². The van der Waals surface area contributed by atoms with E-state index in [0.717, 1.165) is 5.56 Å². The zero-order chi connectivity index (χ0) is 22.0. The van der Waals surface area contributed by atoms with E-state index in [1.165, 1.54) is 15.2 Å². The molecule has 1 aliphatic heterocycles. The number of aryl methyl sites for hydroxylation is 1. The first-order valence-electron chi connectivity index (χ1n) is 9.87. The number of imidazole rings is 1. The van der Waals surface area contributed by atoms with Crippen LogP contribution in [0.5, 0.6) is 0 Å². The molecule has 2 aromatic carbocycles. The molecule has 1 fully saturated rings. The van der Waals surface area contributed by atoms with Crippen molar-refractivity contribution in [2.45, 2.75) is 25.5 Å². The Balaban J connectivity index is 1.54. The summed E-state index contributed by atoms with van der Waals surface area (Å²) in [6.07, 6.45) is 3.41. The van der Waals surface area contributed by atoms with Crippen LogP contribution in [0.2, 0.25) is 0 Å². The molecular weight excluding hydrogens is 398 g/mol. The van der Waals surface area contributed by atoms with Crippen molar-refractivity contribution in [1.82, 2.24) is 14.5 Å². The largest absolute Gasteiger partial charge is 0.458 e. The van der Waals surface area contributed by atoms with Crippen molar-refractivity contribution in [1.29, 1.82) is 0 Å². The number of nitrogens with one attached hydrogen (secondary N) is 1. The summed E-state index contributed by atoms with van der Waals surface area (Å²) in [5, 5.41) is 2.29. The molecule has 1 aromatic heterocycles. The number of piperidine rings is 1. The molecule has 0 aliphatic carbocycles. The fourth-order valence-electron chi connectivity index (χ4n) is 3.65. The molecule has 8 heteroatoms. The van der Waals surface area contributed by atoms with E-state index in [1.807, 2.05) is 30.3 Å². The van der Waals surface area contributed by atoms with Crippen molar-refractivity contribution in [3.8, 4) is 0 Å². The van der Waals surface area contributed by atoms with Crippen molar-refractivity contribution < 1.29 is 19.1 Å². The maximum Gasteiger partial charge on any atom is 0.331 e. The summed E-state index contributed by atoms with van der Waals surface area (Å²) in [6, 6.07) is 13.9. The number of carbonyl (C=O) groups is 3. The van der Waals surface area contributed by atoms with Crippen molar-refractivity contribution in [2.75, 3.05) is 0 Å². The number of fused-ring (bicyclic) bond motifs is 1. The third-order valence-corrected chi connectivity index (χ3v) is 5.27. The first-order valence-corrected chi connectivity index (χ1v) is 9.87. The van der Waals surface area contributed by atoms with Gasteiger partial charge in [0.1, 0.15) is 12.6 Å². The lowest BCUT2D eigenvalue weighted by molar-refractivity contribution is -0.139. The number of imide groups is 1. The standard InChI is InChI=1S/C23H21N3O5/c1-25-19-13-15(8-12-21(28)31-14-16-5-3-2-4-6-16)7-9-17(19)26(23(25)30)18-10-11-20(27)24-22(18)29/h2-9,12-13,18H,10-11,14H2,1H3,(H,24,27,29)/b12-8+. The predicted molar refractivity (Wildman–Crippen MR) is 114 cm³/mol. The number of carbonyl (C=O) groups excluding carboxylic acids is 3. The zero-order valence-corrected chi connectivity index (χ0v) is 16.9. The fraction of sp³-hybridized carbons (Fsp3) is 0.217. The highest BCUT2D eigenvalue weighted by Gasteiger charge is 2.31. The average Bonchev–Trinajstić information content (AvgIpc) is 3.01. The predicted octanol–water partition coefficient (Wildman–Crippen LogP) is 2.07. The van der Waals surface area contributed by atoms with E-state index in [9.17, 15) is 19.2 Å². The molecule has 1 N–H and O–H groups in total. The number of rotatable bonds is 5. The minimum Gasteiger partial charge on any atom is -0.458 e. The molecule has 2 amide bonds. The Labute approximate surface area is 177 Å². The topological polar surface area (TPSA) is 99.4 Å². The van der Waals surface area contributed by atoms with Gasteiger partial charge in [0.05, 0.1) is 11.0 Å². The van der Waals surface area contributed by atoms with Gasteiger partial charge in [0, 0.05) is 19.5 Å². The van der Waals surface area contributed by atoms with E-state index in [1.54, 1.807) is 31.3 Å². The second kappa shape index (κ2) is 8.43. The molecule has 1 saturated heterocycles. The summed E-state index contributed by atoms with van der Waals surface area (Å²) in [5.41, 5.74) is 2.48. The molecule has 2 heterocycles. The maximum atomic E-state index is 12.8. The summed E-state index contributed by atoms with van der Waals surface area (Å²) in [6.45, 7) is 0.187. The first kappa shape index (κ1) is 20.3. The summed E-state index contributed by atoms with van der Waals surface area (Å²) in [5.74, 6) is -1.28. The smallest absolute Gasteiger partial charge is 0.331 e. The summed E-state index contributed by atoms with van der Waals surface area (Å²) >= 11 is 0. The number of ether oxygens (including phenoxy) is 1. The van der Waals surface area contributed by atoms with Crippen LogP contribution in [0.25, 0.3) is 17.1 Å². The van der Waals surface area contributed by atoms with Crippen LogP contribution in [0.4, 0.5) is 0 Å². The second-order valence-electron chi connectivity index (χ2n) is 7.35. The van der Waals surface area contributed by atoms with Gasteiger partial charge in [-0.1, -0.05) is 36.4 Å². The molecular formula is C23H21N3O5. The molecule has 158 valence electrons. The van der Waals surface area contributed by atoms with Crippen LogP contribution in [-0.2, 0) is 32.8 Å². The second-order valence-corrected chi connectivity index (χ2v) is 7.35. The van der Waals surface area contributed by atoms with Crippen molar-refractivity contribution in [2.24, 2.45) is 7.05 Å². The van der Waals surface area contributed by atoms with E-state index in [0.29, 0.717) is 16.6 Å². The lowest BCUT2D eigenvalue weighted by Gasteiger charge is -2.21. The van der Waals surface area contributed by atoms with Crippen molar-refractivity contribution in [3.63, 3.8) is 0 Å². The molecule has 1 atom stereocenters. The van der Waals surface area contributed by atoms with Crippen LogP contribution >= 0.6 is 0 Å². The van der Waals surface area contributed by atoms with Gasteiger partial charge in [0.25, 0.3) is 0 Å². The van der Waals surface area contributed by atoms with Crippen LogP contribution in [0, 0.1) is 0 Å². The molecule has 8 nitrogen and oxygen atoms in total. The van der Waals surface area contributed by atoms with E-state index in [-0.39, 0.29) is 31.0 Å². The average molecular weight is 419 g/mol. The quantitative estimate of drug-likeness (QED) is 0.388. The molecule has 0 saturated carbocycles. The molecule has 1 aliphatic rings. The number of hydrogen-bond acceptors (Lipinski definition) is 5. The van der Waals surface area contributed by atoms with Crippen LogP contribution in [0.1, 0.15) is 30.0 Å². The van der Waals surface area contributed by atoms with Crippen LogP contribution in [0.15, 0.2) is 59.4 Å². The zero-order valence-electron chi connectivity index (χ0n) is 16.9.